The third-order valence-corrected chi connectivity index (χ3v) is 7.75. The Morgan fingerprint density at radius 3 is 2.76 bits per heavy atom. The molecular formula is C30H29ClFN5O5. The number of aromatic nitrogens is 3. The molecule has 1 N–H and O–H groups in total. The normalized spacial score (nSPS) is 17.7. The highest BCUT2D eigenvalue weighted by atomic mass is 35.5. The molecule has 4 aromatic rings. The van der Waals surface area contributed by atoms with Gasteiger partial charge in [0, 0.05) is 36.3 Å². The molecule has 1 amide bonds. The number of halogens is 2. The first-order valence-electron chi connectivity index (χ1n) is 13.7. The van der Waals surface area contributed by atoms with Crippen LogP contribution in [0.25, 0.3) is 11.0 Å². The topological polar surface area (TPSA) is 110 Å². The summed E-state index contributed by atoms with van der Waals surface area (Å²) in [7, 11) is 0. The highest BCUT2D eigenvalue weighted by Crippen LogP contribution is 2.25. The van der Waals surface area contributed by atoms with Crippen LogP contribution in [0.15, 0.2) is 54.6 Å². The number of fused-ring (bicyclic) bond motifs is 1. The Kier molecular flexibility index (Phi) is 8.05. The van der Waals surface area contributed by atoms with Crippen LogP contribution in [0, 0.1) is 5.82 Å². The van der Waals surface area contributed by atoms with Crippen molar-refractivity contribution in [2.75, 3.05) is 31.1 Å². The lowest BCUT2D eigenvalue weighted by molar-refractivity contribution is -0.119. The maximum Gasteiger partial charge on any atom is 0.335 e. The molecular weight excluding hydrogens is 565 g/mol. The van der Waals surface area contributed by atoms with E-state index in [-0.39, 0.29) is 36.6 Å². The molecule has 0 unspecified atom stereocenters. The van der Waals surface area contributed by atoms with Crippen LogP contribution in [-0.4, -0.2) is 68.8 Å². The molecule has 12 heteroatoms. The molecule has 0 aliphatic carbocycles. The maximum absolute atomic E-state index is 14.2. The van der Waals surface area contributed by atoms with Gasteiger partial charge in [-0.25, -0.2) is 14.2 Å². The number of hydrogen-bond donors (Lipinski definition) is 1. The molecule has 42 heavy (non-hydrogen) atoms. The van der Waals surface area contributed by atoms with Crippen molar-refractivity contribution in [2.45, 2.75) is 38.6 Å². The Balaban J connectivity index is 1.16. The maximum atomic E-state index is 14.2. The number of imidazole rings is 1. The first-order valence-corrected chi connectivity index (χ1v) is 14.1. The van der Waals surface area contributed by atoms with Crippen LogP contribution in [0.2, 0.25) is 5.02 Å². The van der Waals surface area contributed by atoms with Crippen LogP contribution in [0.4, 0.5) is 10.2 Å². The molecule has 0 bridgehead atoms. The first kappa shape index (κ1) is 28.1. The Morgan fingerprint density at radius 2 is 2.00 bits per heavy atom. The van der Waals surface area contributed by atoms with Crippen LogP contribution < -0.4 is 9.64 Å². The number of nitrogens with zero attached hydrogens (tertiary/aromatic N) is 5. The van der Waals surface area contributed by atoms with Crippen LogP contribution in [0.3, 0.4) is 0 Å². The highest BCUT2D eigenvalue weighted by molar-refractivity contribution is 6.30. The molecule has 1 atom stereocenters. The summed E-state index contributed by atoms with van der Waals surface area (Å²) in [5, 5.41) is 9.81. The molecule has 6 rings (SSSR count). The number of carbonyl (C=O) groups is 2. The quantitative estimate of drug-likeness (QED) is 0.301. The predicted molar refractivity (Wildman–Crippen MR) is 153 cm³/mol. The summed E-state index contributed by atoms with van der Waals surface area (Å²) in [6.45, 7) is 2.98. The van der Waals surface area contributed by atoms with Crippen molar-refractivity contribution in [3.05, 3.63) is 82.4 Å². The highest BCUT2D eigenvalue weighted by Gasteiger charge is 2.27. The van der Waals surface area contributed by atoms with E-state index in [0.717, 1.165) is 17.8 Å². The van der Waals surface area contributed by atoms with Crippen LogP contribution in [-0.2, 0) is 29.2 Å². The Bertz CT molecular complexity index is 1640. The Morgan fingerprint density at radius 1 is 1.14 bits per heavy atom. The van der Waals surface area contributed by atoms with E-state index in [1.807, 2.05) is 9.47 Å². The second kappa shape index (κ2) is 12.0. The third kappa shape index (κ3) is 6.08. The van der Waals surface area contributed by atoms with Gasteiger partial charge in [-0.3, -0.25) is 14.6 Å². The minimum atomic E-state index is -0.996. The second-order valence-corrected chi connectivity index (χ2v) is 10.8. The summed E-state index contributed by atoms with van der Waals surface area (Å²) in [5.41, 5.74) is 1.99. The van der Waals surface area contributed by atoms with Crippen molar-refractivity contribution < 1.29 is 28.6 Å². The van der Waals surface area contributed by atoms with Crippen molar-refractivity contribution >= 4 is 40.3 Å². The lowest BCUT2D eigenvalue weighted by Gasteiger charge is -2.28. The van der Waals surface area contributed by atoms with Gasteiger partial charge >= 0.3 is 5.97 Å². The summed E-state index contributed by atoms with van der Waals surface area (Å²) in [6, 6.07) is 14.5. The summed E-state index contributed by atoms with van der Waals surface area (Å²) < 4.78 is 27.6. The van der Waals surface area contributed by atoms with Gasteiger partial charge < -0.3 is 19.1 Å². The van der Waals surface area contributed by atoms with E-state index in [9.17, 15) is 19.1 Å². The molecule has 0 spiro atoms. The minimum Gasteiger partial charge on any atom is -0.478 e. The Labute approximate surface area is 246 Å². The van der Waals surface area contributed by atoms with Crippen LogP contribution in [0.1, 0.15) is 34.6 Å². The van der Waals surface area contributed by atoms with Crippen molar-refractivity contribution in [2.24, 2.45) is 0 Å². The van der Waals surface area contributed by atoms with Crippen molar-refractivity contribution in [3.8, 4) is 5.88 Å². The van der Waals surface area contributed by atoms with Gasteiger partial charge in [-0.1, -0.05) is 23.7 Å². The zero-order valence-electron chi connectivity index (χ0n) is 22.7. The van der Waals surface area contributed by atoms with E-state index < -0.39 is 11.8 Å². The zero-order valence-corrected chi connectivity index (χ0v) is 23.5. The molecule has 2 aliphatic heterocycles. The predicted octanol–water partition coefficient (Wildman–Crippen LogP) is 4.53. The smallest absolute Gasteiger partial charge is 0.335 e. The molecule has 2 fully saturated rings. The van der Waals surface area contributed by atoms with Gasteiger partial charge in [0.25, 0.3) is 0 Å². The number of amides is 1. The summed E-state index contributed by atoms with van der Waals surface area (Å²) >= 11 is 5.83. The second-order valence-electron chi connectivity index (χ2n) is 10.4. The summed E-state index contributed by atoms with van der Waals surface area (Å²) in [6.07, 6.45) is 1.69. The molecule has 2 aromatic carbocycles. The van der Waals surface area contributed by atoms with E-state index in [1.54, 1.807) is 53.4 Å². The first-order chi connectivity index (χ1) is 20.3. The van der Waals surface area contributed by atoms with Gasteiger partial charge in [0.2, 0.25) is 11.8 Å². The molecule has 10 nitrogen and oxygen atoms in total. The molecule has 2 aromatic heterocycles. The minimum absolute atomic E-state index is 0.0258. The number of aromatic carboxylic acids is 1. The lowest BCUT2D eigenvalue weighted by Crippen LogP contribution is -2.37. The number of carboxylic acids is 1. The standard InChI is InChI=1S/C30H29ClFN5O5/c31-21-7-5-20(23(32)14-21)18-42-28-4-1-3-26(34-28)36-11-2-10-35(17-29(36)38)16-27-33-24-8-6-19(30(39)40)13-25(24)37(27)15-22-9-12-41-22/h1,3-8,13-14,22H,2,9-12,15-18H2,(H,39,40)/t22-/m0/s1. The SMILES string of the molecule is O=C(O)c1ccc2nc(CN3CCCN(c4cccc(OCc5ccc(Cl)cc5F)n4)C(=O)C3)n(C[C@@H]3CCO3)c2c1. The lowest BCUT2D eigenvalue weighted by atomic mass is 10.1. The number of carboxylic acid groups (broad SMARTS) is 1. The molecule has 218 valence electrons. The molecule has 0 radical (unpaired) electrons. The van der Waals surface area contributed by atoms with Crippen LogP contribution >= 0.6 is 11.6 Å². The van der Waals surface area contributed by atoms with Crippen molar-refractivity contribution in [3.63, 3.8) is 0 Å². The fraction of sp³-hybridized carbons (Fsp3) is 0.333. The summed E-state index contributed by atoms with van der Waals surface area (Å²) in [5.74, 6) is -0.0664. The number of ether oxygens (including phenoxy) is 2. The number of hydrogen-bond acceptors (Lipinski definition) is 7. The largest absolute Gasteiger partial charge is 0.478 e. The number of carbonyl (C=O) groups excluding carboxylic acids is 1. The van der Waals surface area contributed by atoms with Crippen molar-refractivity contribution in [1.82, 2.24) is 19.4 Å². The fourth-order valence-electron chi connectivity index (χ4n) is 5.20. The van der Waals surface area contributed by atoms with Gasteiger partial charge in [0.1, 0.15) is 24.1 Å². The molecule has 2 aliphatic rings. The van der Waals surface area contributed by atoms with E-state index in [4.69, 9.17) is 26.1 Å². The molecule has 4 heterocycles. The van der Waals surface area contributed by atoms with Crippen molar-refractivity contribution in [1.29, 1.82) is 0 Å². The molecule has 2 saturated heterocycles. The average molecular weight is 594 g/mol. The van der Waals surface area contributed by atoms with E-state index in [1.165, 1.54) is 6.07 Å². The average Bonchev–Trinajstić information content (AvgIpc) is 3.16. The van der Waals surface area contributed by atoms with Gasteiger partial charge in [0.15, 0.2) is 0 Å². The number of benzene rings is 2. The van der Waals surface area contributed by atoms with Crippen LogP contribution in [0.5, 0.6) is 5.88 Å². The number of anilines is 1. The van der Waals surface area contributed by atoms with E-state index in [0.29, 0.717) is 61.1 Å². The van der Waals surface area contributed by atoms with Gasteiger partial charge in [0.05, 0.1) is 42.3 Å². The fourth-order valence-corrected chi connectivity index (χ4v) is 5.36. The molecule has 0 saturated carbocycles. The van der Waals surface area contributed by atoms with E-state index >= 15 is 0 Å². The van der Waals surface area contributed by atoms with Gasteiger partial charge in [-0.2, -0.15) is 4.98 Å². The Hall–Kier alpha value is -4.06. The van der Waals surface area contributed by atoms with Gasteiger partial charge in [-0.05, 0) is 49.2 Å². The van der Waals surface area contributed by atoms with E-state index in [2.05, 4.69) is 4.98 Å². The zero-order chi connectivity index (χ0) is 29.2. The van der Waals surface area contributed by atoms with Gasteiger partial charge in [-0.15, -0.1) is 0 Å². The summed E-state index contributed by atoms with van der Waals surface area (Å²) in [4.78, 5) is 38.0. The number of pyridine rings is 1. The monoisotopic (exact) mass is 593 g/mol. The third-order valence-electron chi connectivity index (χ3n) is 7.51. The number of rotatable bonds is 9.